The van der Waals surface area contributed by atoms with E-state index in [1.807, 2.05) is 24.3 Å². The number of carbonyl (C=O) groups is 1. The normalized spacial score (nSPS) is 30.3. The number of nitrogens with zero attached hydrogens (tertiary/aromatic N) is 1. The second-order valence-corrected chi connectivity index (χ2v) is 7.69. The van der Waals surface area contributed by atoms with Gasteiger partial charge in [-0.25, -0.2) is 0 Å². The van der Waals surface area contributed by atoms with E-state index in [4.69, 9.17) is 4.84 Å². The van der Waals surface area contributed by atoms with Crippen molar-refractivity contribution < 1.29 is 9.63 Å². The molecule has 0 aromatic heterocycles. The second kappa shape index (κ2) is 6.58. The maximum absolute atomic E-state index is 12.0. The first-order valence-corrected chi connectivity index (χ1v) is 9.29. The molecule has 0 radical (unpaired) electrons. The predicted octanol–water partition coefficient (Wildman–Crippen LogP) is 4.02. The minimum absolute atomic E-state index is 0.00860. The molecule has 1 N–H and O–H groups in total. The van der Waals surface area contributed by atoms with Crippen LogP contribution in [0.2, 0.25) is 0 Å². The Morgan fingerprint density at radius 3 is 2.29 bits per heavy atom. The highest BCUT2D eigenvalue weighted by Crippen LogP contribution is 2.52. The zero-order valence-electron chi connectivity index (χ0n) is 14.3. The first kappa shape index (κ1) is 15.7. The van der Waals surface area contributed by atoms with Crippen LogP contribution in [0.3, 0.4) is 0 Å². The van der Waals surface area contributed by atoms with Gasteiger partial charge in [-0.05, 0) is 68.1 Å². The van der Waals surface area contributed by atoms with E-state index in [1.165, 1.54) is 43.4 Å². The zero-order chi connectivity index (χ0) is 16.5. The Morgan fingerprint density at radius 2 is 1.71 bits per heavy atom. The maximum atomic E-state index is 12.0. The molecule has 0 unspecified atom stereocenters. The third kappa shape index (κ3) is 3.19. The van der Waals surface area contributed by atoms with Crippen LogP contribution in [-0.2, 0) is 16.1 Å². The number of anilines is 1. The predicted molar refractivity (Wildman–Crippen MR) is 94.9 cm³/mol. The zero-order valence-corrected chi connectivity index (χ0v) is 14.3. The molecule has 4 heteroatoms. The summed E-state index contributed by atoms with van der Waals surface area (Å²) in [7, 11) is 0. The van der Waals surface area contributed by atoms with Crippen molar-refractivity contribution in [2.24, 2.45) is 28.8 Å². The molecule has 4 aliphatic rings. The fourth-order valence-electron chi connectivity index (χ4n) is 5.00. The van der Waals surface area contributed by atoms with Gasteiger partial charge in [0, 0.05) is 17.5 Å². The fraction of sp³-hybridized carbons (Fsp3) is 0.600. The first-order chi connectivity index (χ1) is 11.7. The third-order valence-corrected chi connectivity index (χ3v) is 5.99. The lowest BCUT2D eigenvalue weighted by Gasteiger charge is -2.49. The lowest BCUT2D eigenvalue weighted by molar-refractivity contribution is -0.120. The lowest BCUT2D eigenvalue weighted by Crippen LogP contribution is -2.45. The van der Waals surface area contributed by atoms with Crippen molar-refractivity contribution in [3.05, 3.63) is 29.8 Å². The topological polar surface area (TPSA) is 50.7 Å². The van der Waals surface area contributed by atoms with E-state index in [0.717, 1.165) is 23.9 Å². The van der Waals surface area contributed by atoms with Crippen LogP contribution in [0.1, 0.15) is 44.6 Å². The molecule has 4 aliphatic carbocycles. The molecule has 1 aromatic rings. The smallest absolute Gasteiger partial charge is 0.265 e. The standard InChI is InChI=1S/C20H26N2O2/c1-2-13-3-5-18(6-4-13)21-19(23)12-24-22-20-16-8-14-7-15(10-16)11-17(20)9-14/h3-6,14-17H,2,7-12H2,1H3,(H,21,23). The Labute approximate surface area is 143 Å². The lowest BCUT2D eigenvalue weighted by atomic mass is 9.55. The number of aryl methyl sites for hydroxylation is 1. The second-order valence-electron chi connectivity index (χ2n) is 7.69. The van der Waals surface area contributed by atoms with Gasteiger partial charge in [0.1, 0.15) is 0 Å². The molecule has 4 fully saturated rings. The summed E-state index contributed by atoms with van der Waals surface area (Å²) < 4.78 is 0. The molecule has 0 atom stereocenters. The highest BCUT2D eigenvalue weighted by Gasteiger charge is 2.46. The average molecular weight is 326 g/mol. The summed E-state index contributed by atoms with van der Waals surface area (Å²) in [4.78, 5) is 17.4. The van der Waals surface area contributed by atoms with Crippen molar-refractivity contribution in [1.82, 2.24) is 0 Å². The van der Waals surface area contributed by atoms with E-state index in [2.05, 4.69) is 17.4 Å². The van der Waals surface area contributed by atoms with Gasteiger partial charge >= 0.3 is 0 Å². The van der Waals surface area contributed by atoms with Gasteiger partial charge in [0.15, 0.2) is 6.61 Å². The van der Waals surface area contributed by atoms with Crippen molar-refractivity contribution >= 4 is 17.3 Å². The molecule has 0 spiro atoms. The molecule has 1 amide bonds. The van der Waals surface area contributed by atoms with Crippen molar-refractivity contribution in [3.63, 3.8) is 0 Å². The van der Waals surface area contributed by atoms with Crippen LogP contribution in [0.5, 0.6) is 0 Å². The molecule has 5 rings (SSSR count). The van der Waals surface area contributed by atoms with Gasteiger partial charge in [0.25, 0.3) is 5.91 Å². The van der Waals surface area contributed by atoms with Crippen LogP contribution < -0.4 is 5.32 Å². The van der Waals surface area contributed by atoms with E-state index in [0.29, 0.717) is 11.8 Å². The van der Waals surface area contributed by atoms with Gasteiger partial charge in [-0.1, -0.05) is 24.2 Å². The molecule has 0 saturated heterocycles. The monoisotopic (exact) mass is 326 g/mol. The number of hydrogen-bond donors (Lipinski definition) is 1. The van der Waals surface area contributed by atoms with Crippen LogP contribution in [0.25, 0.3) is 0 Å². The quantitative estimate of drug-likeness (QED) is 0.831. The van der Waals surface area contributed by atoms with Crippen molar-refractivity contribution in [3.8, 4) is 0 Å². The van der Waals surface area contributed by atoms with Gasteiger partial charge in [-0.3, -0.25) is 4.79 Å². The first-order valence-electron chi connectivity index (χ1n) is 9.29. The SMILES string of the molecule is CCc1ccc(NC(=O)CON=C2C3CC4CC(C3)CC2C4)cc1. The number of oxime groups is 1. The molecule has 24 heavy (non-hydrogen) atoms. The molecule has 1 aromatic carbocycles. The maximum Gasteiger partial charge on any atom is 0.265 e. The highest BCUT2D eigenvalue weighted by molar-refractivity contribution is 5.92. The summed E-state index contributed by atoms with van der Waals surface area (Å²) in [5.41, 5.74) is 3.31. The van der Waals surface area contributed by atoms with Crippen LogP contribution in [0.4, 0.5) is 5.69 Å². The summed E-state index contributed by atoms with van der Waals surface area (Å²) in [5.74, 6) is 2.92. The minimum Gasteiger partial charge on any atom is -0.386 e. The number of benzene rings is 1. The molecule has 4 saturated carbocycles. The van der Waals surface area contributed by atoms with Crippen LogP contribution in [-0.4, -0.2) is 18.2 Å². The molecule has 128 valence electrons. The van der Waals surface area contributed by atoms with Crippen LogP contribution >= 0.6 is 0 Å². The van der Waals surface area contributed by atoms with E-state index in [1.54, 1.807) is 0 Å². The van der Waals surface area contributed by atoms with Crippen LogP contribution in [0.15, 0.2) is 29.4 Å². The number of nitrogens with one attached hydrogen (secondary N) is 1. The van der Waals surface area contributed by atoms with Crippen molar-refractivity contribution in [2.75, 3.05) is 11.9 Å². The summed E-state index contributed by atoms with van der Waals surface area (Å²) in [5, 5.41) is 7.25. The third-order valence-electron chi connectivity index (χ3n) is 5.99. The Hall–Kier alpha value is -1.84. The molecule has 0 heterocycles. The van der Waals surface area contributed by atoms with Gasteiger partial charge in [-0.15, -0.1) is 0 Å². The molecular formula is C20H26N2O2. The molecule has 0 aliphatic heterocycles. The minimum atomic E-state index is -0.146. The Bertz CT molecular complexity index is 606. The number of hydrogen-bond acceptors (Lipinski definition) is 3. The van der Waals surface area contributed by atoms with E-state index in [9.17, 15) is 4.79 Å². The van der Waals surface area contributed by atoms with Gasteiger partial charge in [-0.2, -0.15) is 0 Å². The van der Waals surface area contributed by atoms with Gasteiger partial charge in [0.2, 0.25) is 0 Å². The Balaban J connectivity index is 1.29. The van der Waals surface area contributed by atoms with E-state index < -0.39 is 0 Å². The molecular weight excluding hydrogens is 300 g/mol. The van der Waals surface area contributed by atoms with Crippen LogP contribution in [0, 0.1) is 23.7 Å². The fourth-order valence-corrected chi connectivity index (χ4v) is 5.00. The van der Waals surface area contributed by atoms with E-state index >= 15 is 0 Å². The average Bonchev–Trinajstić information content (AvgIpc) is 2.57. The van der Waals surface area contributed by atoms with Gasteiger partial charge < -0.3 is 10.2 Å². The molecule has 4 bridgehead atoms. The Morgan fingerprint density at radius 1 is 1.08 bits per heavy atom. The van der Waals surface area contributed by atoms with E-state index in [-0.39, 0.29) is 12.5 Å². The van der Waals surface area contributed by atoms with Crippen molar-refractivity contribution in [2.45, 2.75) is 45.4 Å². The summed E-state index contributed by atoms with van der Waals surface area (Å²) >= 11 is 0. The summed E-state index contributed by atoms with van der Waals surface area (Å²) in [6, 6.07) is 7.93. The number of rotatable bonds is 5. The summed E-state index contributed by atoms with van der Waals surface area (Å²) in [6.07, 6.45) is 7.56. The highest BCUT2D eigenvalue weighted by atomic mass is 16.6. The number of amides is 1. The van der Waals surface area contributed by atoms with Gasteiger partial charge in [0.05, 0.1) is 5.71 Å². The largest absolute Gasteiger partial charge is 0.386 e. The summed E-state index contributed by atoms with van der Waals surface area (Å²) in [6.45, 7) is 2.11. The Kier molecular flexibility index (Phi) is 4.30. The number of carbonyl (C=O) groups excluding carboxylic acids is 1. The molecule has 4 nitrogen and oxygen atoms in total. The van der Waals surface area contributed by atoms with Crippen molar-refractivity contribution in [1.29, 1.82) is 0 Å².